The molecule has 15 heteroatoms. The maximum atomic E-state index is 13.5. The molecule has 14 nitrogen and oxygen atoms in total. The van der Waals surface area contributed by atoms with Crippen molar-refractivity contribution in [3.63, 3.8) is 0 Å². The monoisotopic (exact) mass is 664 g/mol. The number of carbonyl (C=O) groups excluding carboxylic acids is 4. The van der Waals surface area contributed by atoms with Gasteiger partial charge in [0.1, 0.15) is 24.3 Å². The van der Waals surface area contributed by atoms with Crippen molar-refractivity contribution in [2.24, 2.45) is 22.6 Å². The Hall–Kier alpha value is -3.72. The molecule has 2 saturated heterocycles. The van der Waals surface area contributed by atoms with Crippen molar-refractivity contribution in [2.45, 2.75) is 77.5 Å². The molecule has 2 fully saturated rings. The molecule has 256 valence electrons. The summed E-state index contributed by atoms with van der Waals surface area (Å²) in [5, 5.41) is 2.98. The third-order valence-corrected chi connectivity index (χ3v) is 8.59. The Bertz CT molecular complexity index is 1360. The highest BCUT2D eigenvalue weighted by Gasteiger charge is 2.38. The smallest absolute Gasteiger partial charge is 0.436 e. The summed E-state index contributed by atoms with van der Waals surface area (Å²) < 4.78 is 37.1. The van der Waals surface area contributed by atoms with E-state index in [-0.39, 0.29) is 36.7 Å². The van der Waals surface area contributed by atoms with E-state index >= 15 is 0 Å². The number of nitrogens with one attached hydrogen (secondary N) is 2. The van der Waals surface area contributed by atoms with Crippen LogP contribution in [-0.2, 0) is 40.3 Å². The van der Waals surface area contributed by atoms with Crippen molar-refractivity contribution in [3.05, 3.63) is 35.9 Å². The highest BCUT2D eigenvalue weighted by molar-refractivity contribution is 7.88. The van der Waals surface area contributed by atoms with Crippen molar-refractivity contribution < 1.29 is 37.1 Å². The minimum atomic E-state index is -3.68. The quantitative estimate of drug-likeness (QED) is 0.167. The highest BCUT2D eigenvalue weighted by atomic mass is 32.2. The van der Waals surface area contributed by atoms with Crippen LogP contribution in [0.15, 0.2) is 35.3 Å². The molecule has 3 amide bonds. The van der Waals surface area contributed by atoms with E-state index in [2.05, 4.69) is 15.0 Å². The summed E-state index contributed by atoms with van der Waals surface area (Å²) in [5.41, 5.74) is 5.85. The van der Waals surface area contributed by atoms with Crippen LogP contribution < -0.4 is 15.8 Å². The van der Waals surface area contributed by atoms with Crippen molar-refractivity contribution >= 4 is 39.9 Å². The van der Waals surface area contributed by atoms with Gasteiger partial charge >= 0.3 is 12.1 Å². The van der Waals surface area contributed by atoms with Gasteiger partial charge in [0.2, 0.25) is 27.8 Å². The fourth-order valence-electron chi connectivity index (χ4n) is 5.37. The summed E-state index contributed by atoms with van der Waals surface area (Å²) in [6, 6.07) is 7.43. The first-order valence-corrected chi connectivity index (χ1v) is 17.5. The Morgan fingerprint density at radius 1 is 1.07 bits per heavy atom. The van der Waals surface area contributed by atoms with E-state index in [0.717, 1.165) is 11.8 Å². The zero-order valence-electron chi connectivity index (χ0n) is 27.4. The molecule has 4 N–H and O–H groups in total. The van der Waals surface area contributed by atoms with Gasteiger partial charge in [-0.3, -0.25) is 14.4 Å². The Morgan fingerprint density at radius 2 is 1.72 bits per heavy atom. The number of piperidine rings is 1. The average molecular weight is 665 g/mol. The molecule has 0 unspecified atom stereocenters. The zero-order valence-corrected chi connectivity index (χ0v) is 28.2. The van der Waals surface area contributed by atoms with Crippen LogP contribution in [0.5, 0.6) is 0 Å². The molecule has 1 aromatic rings. The SMILES string of the molecule is CC(C)C(=O)OC(C)(C)COC(=O)N=C(N)N1CCC(CNC(=O)[C@@H]2CCCN2C(=O)[C@@H](Cc2ccccc2)NS(C)(=O)=O)CC1. The predicted octanol–water partition coefficient (Wildman–Crippen LogP) is 1.40. The molecule has 1 aromatic carbocycles. The molecular weight excluding hydrogens is 616 g/mol. The first-order chi connectivity index (χ1) is 21.5. The number of nitrogens with zero attached hydrogens (tertiary/aromatic N) is 3. The number of hydrogen-bond donors (Lipinski definition) is 3. The van der Waals surface area contributed by atoms with Gasteiger partial charge in [-0.2, -0.15) is 0 Å². The van der Waals surface area contributed by atoms with Crippen LogP contribution in [0.4, 0.5) is 4.79 Å². The van der Waals surface area contributed by atoms with Gasteiger partial charge in [0.15, 0.2) is 0 Å². The van der Waals surface area contributed by atoms with Crippen molar-refractivity contribution in [2.75, 3.05) is 39.0 Å². The third kappa shape index (κ3) is 11.6. The summed E-state index contributed by atoms with van der Waals surface area (Å²) in [4.78, 5) is 57.9. The lowest BCUT2D eigenvalue weighted by Gasteiger charge is -2.33. The van der Waals surface area contributed by atoms with Crippen LogP contribution >= 0.6 is 0 Å². The number of hydrogen-bond acceptors (Lipinski definition) is 8. The number of guanidine groups is 1. The fourth-order valence-corrected chi connectivity index (χ4v) is 6.07. The molecule has 0 radical (unpaired) electrons. The molecule has 2 aliphatic heterocycles. The molecule has 3 rings (SSSR count). The van der Waals surface area contributed by atoms with Crippen LogP contribution in [-0.4, -0.2) is 105 Å². The second-order valence-electron chi connectivity index (χ2n) is 12.9. The molecule has 0 aromatic heterocycles. The minimum Gasteiger partial charge on any atom is -0.456 e. The predicted molar refractivity (Wildman–Crippen MR) is 172 cm³/mol. The van der Waals surface area contributed by atoms with Crippen LogP contribution in [0.25, 0.3) is 0 Å². The molecule has 0 aliphatic carbocycles. The maximum Gasteiger partial charge on any atom is 0.436 e. The second-order valence-corrected chi connectivity index (χ2v) is 14.6. The number of nitrogens with two attached hydrogens (primary N) is 1. The van der Waals surface area contributed by atoms with Gasteiger partial charge < -0.3 is 30.3 Å². The van der Waals surface area contributed by atoms with Gasteiger partial charge in [0.25, 0.3) is 0 Å². The Labute approximate surface area is 271 Å². The first kappa shape index (κ1) is 36.7. The van der Waals surface area contributed by atoms with E-state index in [1.807, 2.05) is 30.3 Å². The number of likely N-dealkylation sites (tertiary alicyclic amines) is 2. The molecule has 0 saturated carbocycles. The van der Waals surface area contributed by atoms with Crippen LogP contribution in [0, 0.1) is 11.8 Å². The minimum absolute atomic E-state index is 0.0253. The molecule has 0 bridgehead atoms. The lowest BCUT2D eigenvalue weighted by atomic mass is 9.97. The number of benzene rings is 1. The van der Waals surface area contributed by atoms with Gasteiger partial charge in [0.05, 0.1) is 12.2 Å². The number of sulfonamides is 1. The van der Waals surface area contributed by atoms with E-state index in [1.54, 1.807) is 32.6 Å². The van der Waals surface area contributed by atoms with Crippen LogP contribution in [0.2, 0.25) is 0 Å². The Kier molecular flexibility index (Phi) is 12.9. The topological polar surface area (TPSA) is 190 Å². The number of carbonyl (C=O) groups is 4. The van der Waals surface area contributed by atoms with E-state index in [9.17, 15) is 27.6 Å². The van der Waals surface area contributed by atoms with Crippen molar-refractivity contribution in [1.82, 2.24) is 19.8 Å². The summed E-state index contributed by atoms with van der Waals surface area (Å²) in [6.07, 6.45) is 2.82. The Morgan fingerprint density at radius 3 is 2.33 bits per heavy atom. The number of esters is 1. The molecule has 2 atom stereocenters. The highest BCUT2D eigenvalue weighted by Crippen LogP contribution is 2.21. The van der Waals surface area contributed by atoms with Crippen molar-refractivity contribution in [1.29, 1.82) is 0 Å². The number of aliphatic imine (C=N–C) groups is 1. The van der Waals surface area contributed by atoms with Gasteiger partial charge in [-0.15, -0.1) is 4.99 Å². The molecular formula is C31H48N6O8S. The second kappa shape index (κ2) is 16.2. The number of amides is 3. The van der Waals surface area contributed by atoms with E-state index in [0.29, 0.717) is 51.9 Å². The van der Waals surface area contributed by atoms with Crippen LogP contribution in [0.3, 0.4) is 0 Å². The normalized spacial score (nSPS) is 18.7. The zero-order chi connectivity index (χ0) is 34.1. The number of ether oxygens (including phenoxy) is 2. The molecule has 0 spiro atoms. The standard InChI is InChI=1S/C31H48N6O8S/c1-21(2)28(40)45-31(3,4)20-44-30(41)34-29(32)36-16-13-23(14-17-36)19-33-26(38)25-12-9-15-37(25)27(39)24(35-46(5,42)43)18-22-10-7-6-8-11-22/h6-8,10-11,21,23-25,35H,9,12-20H2,1-5H3,(H,33,38)(H2,32,34,41)/t24-,25+/m1/s1. The summed E-state index contributed by atoms with van der Waals surface area (Å²) in [6.45, 7) is 8.35. The van der Waals surface area contributed by atoms with Crippen molar-refractivity contribution in [3.8, 4) is 0 Å². The molecule has 2 aliphatic rings. The lowest BCUT2D eigenvalue weighted by Crippen LogP contribution is -2.54. The molecule has 2 heterocycles. The van der Waals surface area contributed by atoms with Gasteiger partial charge in [-0.05, 0) is 57.4 Å². The van der Waals surface area contributed by atoms with Gasteiger partial charge in [-0.25, -0.2) is 17.9 Å². The summed E-state index contributed by atoms with van der Waals surface area (Å²) in [7, 11) is -3.68. The molecule has 46 heavy (non-hydrogen) atoms. The summed E-state index contributed by atoms with van der Waals surface area (Å²) in [5.74, 6) is -1.22. The van der Waals surface area contributed by atoms with E-state index < -0.39 is 45.7 Å². The fraction of sp³-hybridized carbons (Fsp3) is 0.645. The van der Waals surface area contributed by atoms with Gasteiger partial charge in [0, 0.05) is 26.2 Å². The summed E-state index contributed by atoms with van der Waals surface area (Å²) >= 11 is 0. The van der Waals surface area contributed by atoms with E-state index in [4.69, 9.17) is 15.2 Å². The maximum absolute atomic E-state index is 13.5. The van der Waals surface area contributed by atoms with Crippen LogP contribution in [0.1, 0.15) is 58.9 Å². The average Bonchev–Trinajstić information content (AvgIpc) is 3.48. The third-order valence-electron chi connectivity index (χ3n) is 7.88. The van der Waals surface area contributed by atoms with Gasteiger partial charge in [-0.1, -0.05) is 44.2 Å². The lowest BCUT2D eigenvalue weighted by molar-refractivity contribution is -0.163. The van der Waals surface area contributed by atoms with E-state index in [1.165, 1.54) is 4.90 Å². The first-order valence-electron chi connectivity index (χ1n) is 15.6. The largest absolute Gasteiger partial charge is 0.456 e. The Balaban J connectivity index is 1.48. The number of rotatable bonds is 12.